The van der Waals surface area contributed by atoms with Crippen LogP contribution in [0.3, 0.4) is 0 Å². The number of amides is 2. The zero-order valence-electron chi connectivity index (χ0n) is 20.2. The molecule has 3 fully saturated rings. The van der Waals surface area contributed by atoms with E-state index in [1.165, 1.54) is 22.7 Å². The van der Waals surface area contributed by atoms with Crippen molar-refractivity contribution in [3.8, 4) is 0 Å². The first kappa shape index (κ1) is 27.2. The molecule has 3 unspecified atom stereocenters. The van der Waals surface area contributed by atoms with Crippen molar-refractivity contribution in [1.29, 1.82) is 0 Å². The first-order chi connectivity index (χ1) is 17.1. The first-order valence-electron chi connectivity index (χ1n) is 11.8. The molecule has 4 rings (SSSR count). The third kappa shape index (κ3) is 4.12. The minimum absolute atomic E-state index is 0.0472. The summed E-state index contributed by atoms with van der Waals surface area (Å²) >= 11 is 11.8. The van der Waals surface area contributed by atoms with Gasteiger partial charge in [-0.1, -0.05) is 58.4 Å². The van der Waals surface area contributed by atoms with Gasteiger partial charge in [-0.05, 0) is 31.9 Å². The maximum atomic E-state index is 14.5. The van der Waals surface area contributed by atoms with E-state index in [9.17, 15) is 19.5 Å². The van der Waals surface area contributed by atoms with Crippen molar-refractivity contribution in [2.45, 2.75) is 47.2 Å². The number of fused-ring (bicyclic) bond motifs is 1. The van der Waals surface area contributed by atoms with Crippen molar-refractivity contribution in [2.75, 3.05) is 24.7 Å². The number of para-hydroxylation sites is 1. The fourth-order valence-electron chi connectivity index (χ4n) is 5.95. The SMILES string of the molecule is C=CCOC(=O)[C@H]1[C@@H]2SC3(CC2Br)C(C(=O)N(CC=C)c2c(C)cccc2Cl)N([C@H](C)CO)C(=O)[C@H]13. The number of hydrogen-bond donors (Lipinski definition) is 1. The number of halogens is 2. The highest BCUT2D eigenvalue weighted by atomic mass is 79.9. The molecule has 0 radical (unpaired) electrons. The molecule has 1 aromatic carbocycles. The quantitative estimate of drug-likeness (QED) is 0.265. The fourth-order valence-corrected chi connectivity index (χ4v) is 9.85. The minimum Gasteiger partial charge on any atom is -0.461 e. The summed E-state index contributed by atoms with van der Waals surface area (Å²) in [7, 11) is 0. The number of thioether (sulfide) groups is 1. The molecule has 3 saturated heterocycles. The molecule has 7 nitrogen and oxygen atoms in total. The lowest BCUT2D eigenvalue weighted by atomic mass is 9.71. The van der Waals surface area contributed by atoms with Gasteiger partial charge in [0.2, 0.25) is 5.91 Å². The Bertz CT molecular complexity index is 1080. The summed E-state index contributed by atoms with van der Waals surface area (Å²) in [5, 5.41) is 10.3. The third-order valence-corrected chi connectivity index (χ3v) is 10.9. The van der Waals surface area contributed by atoms with Gasteiger partial charge in [0.05, 0.1) is 39.9 Å². The Morgan fingerprint density at radius 3 is 2.75 bits per heavy atom. The van der Waals surface area contributed by atoms with Gasteiger partial charge in [0.15, 0.2) is 0 Å². The van der Waals surface area contributed by atoms with E-state index in [0.29, 0.717) is 17.1 Å². The van der Waals surface area contributed by atoms with Crippen molar-refractivity contribution in [3.63, 3.8) is 0 Å². The number of carbonyl (C=O) groups is 3. The zero-order chi connectivity index (χ0) is 26.4. The van der Waals surface area contributed by atoms with Gasteiger partial charge < -0.3 is 19.6 Å². The summed E-state index contributed by atoms with van der Waals surface area (Å²) in [6, 6.07) is 3.88. The highest BCUT2D eigenvalue weighted by Crippen LogP contribution is 2.68. The van der Waals surface area contributed by atoms with Crippen LogP contribution in [-0.2, 0) is 19.1 Å². The molecule has 0 saturated carbocycles. The Morgan fingerprint density at radius 1 is 1.42 bits per heavy atom. The van der Waals surface area contributed by atoms with Gasteiger partial charge in [0.25, 0.3) is 5.91 Å². The lowest BCUT2D eigenvalue weighted by Crippen LogP contribution is -2.57. The Labute approximate surface area is 229 Å². The van der Waals surface area contributed by atoms with Crippen LogP contribution in [0.15, 0.2) is 43.5 Å². The van der Waals surface area contributed by atoms with Gasteiger partial charge >= 0.3 is 5.97 Å². The van der Waals surface area contributed by atoms with E-state index in [1.54, 1.807) is 24.0 Å². The number of aliphatic hydroxyl groups is 1. The van der Waals surface area contributed by atoms with E-state index in [2.05, 4.69) is 29.1 Å². The Hall–Kier alpha value is -1.81. The molecule has 0 aromatic heterocycles. The van der Waals surface area contributed by atoms with E-state index in [0.717, 1.165) is 5.56 Å². The second-order valence-electron chi connectivity index (χ2n) is 9.50. The van der Waals surface area contributed by atoms with Crippen molar-refractivity contribution in [2.24, 2.45) is 11.8 Å². The van der Waals surface area contributed by atoms with Crippen LogP contribution in [0.5, 0.6) is 0 Å². The van der Waals surface area contributed by atoms with Crippen molar-refractivity contribution in [3.05, 3.63) is 54.1 Å². The van der Waals surface area contributed by atoms with Crippen LogP contribution >= 0.6 is 39.3 Å². The second kappa shape index (κ2) is 10.5. The van der Waals surface area contributed by atoms with E-state index in [4.69, 9.17) is 16.3 Å². The molecule has 10 heteroatoms. The van der Waals surface area contributed by atoms with Crippen LogP contribution in [0.4, 0.5) is 5.69 Å². The molecule has 1 aromatic rings. The van der Waals surface area contributed by atoms with Crippen LogP contribution in [0, 0.1) is 18.8 Å². The molecule has 36 heavy (non-hydrogen) atoms. The average molecular weight is 598 g/mol. The van der Waals surface area contributed by atoms with Crippen LogP contribution in [0.25, 0.3) is 0 Å². The predicted molar refractivity (Wildman–Crippen MR) is 145 cm³/mol. The highest BCUT2D eigenvalue weighted by Gasteiger charge is 2.76. The van der Waals surface area contributed by atoms with E-state index < -0.39 is 34.6 Å². The van der Waals surface area contributed by atoms with Crippen molar-refractivity contribution >= 4 is 62.8 Å². The number of esters is 1. The number of hydrogen-bond acceptors (Lipinski definition) is 6. The number of carbonyl (C=O) groups excluding carboxylic acids is 3. The number of benzene rings is 1. The Morgan fingerprint density at radius 2 is 2.14 bits per heavy atom. The van der Waals surface area contributed by atoms with Crippen LogP contribution in [-0.4, -0.2) is 74.5 Å². The monoisotopic (exact) mass is 596 g/mol. The van der Waals surface area contributed by atoms with Crippen LogP contribution in [0.2, 0.25) is 5.02 Å². The first-order valence-corrected chi connectivity index (χ1v) is 14.0. The van der Waals surface area contributed by atoms with Crippen LogP contribution in [0.1, 0.15) is 18.9 Å². The van der Waals surface area contributed by atoms with Gasteiger partial charge in [0, 0.05) is 16.6 Å². The number of aliphatic hydroxyl groups excluding tert-OH is 1. The molecule has 2 amide bonds. The van der Waals surface area contributed by atoms with Gasteiger partial charge in [-0.15, -0.1) is 18.3 Å². The van der Waals surface area contributed by atoms with Gasteiger partial charge in [-0.2, -0.15) is 0 Å². The Balaban J connectivity index is 1.84. The van der Waals surface area contributed by atoms with E-state index >= 15 is 0 Å². The molecule has 3 aliphatic heterocycles. The summed E-state index contributed by atoms with van der Waals surface area (Å²) in [5.41, 5.74) is 1.37. The average Bonchev–Trinajstić information content (AvgIpc) is 3.44. The Kier molecular flexibility index (Phi) is 7.95. The molecule has 2 bridgehead atoms. The van der Waals surface area contributed by atoms with Gasteiger partial charge in [-0.3, -0.25) is 14.4 Å². The highest BCUT2D eigenvalue weighted by molar-refractivity contribution is 9.09. The van der Waals surface area contributed by atoms with Crippen molar-refractivity contribution in [1.82, 2.24) is 4.90 Å². The molecule has 3 aliphatic rings. The number of ether oxygens (including phenoxy) is 1. The molecule has 0 aliphatic carbocycles. The largest absolute Gasteiger partial charge is 0.461 e. The maximum Gasteiger partial charge on any atom is 0.311 e. The minimum atomic E-state index is -0.903. The predicted octanol–water partition coefficient (Wildman–Crippen LogP) is 3.74. The van der Waals surface area contributed by atoms with E-state index in [-0.39, 0.29) is 41.6 Å². The molecule has 1 spiro atoms. The summed E-state index contributed by atoms with van der Waals surface area (Å²) in [6.45, 7) is 10.9. The normalized spacial score (nSPS) is 31.2. The zero-order valence-corrected chi connectivity index (χ0v) is 23.4. The second-order valence-corrected chi connectivity index (χ2v) is 12.6. The third-order valence-electron chi connectivity index (χ3n) is 7.35. The van der Waals surface area contributed by atoms with Gasteiger partial charge in [-0.25, -0.2) is 0 Å². The van der Waals surface area contributed by atoms with E-state index in [1.807, 2.05) is 19.1 Å². The number of rotatable bonds is 9. The number of anilines is 1. The summed E-state index contributed by atoms with van der Waals surface area (Å²) < 4.78 is 4.54. The number of nitrogens with zero attached hydrogens (tertiary/aromatic N) is 2. The molecule has 3 heterocycles. The lowest BCUT2D eigenvalue weighted by Gasteiger charge is -2.39. The smallest absolute Gasteiger partial charge is 0.311 e. The summed E-state index contributed by atoms with van der Waals surface area (Å²) in [5.74, 6) is -2.53. The number of aryl methyl sites for hydroxylation is 1. The molecule has 194 valence electrons. The number of likely N-dealkylation sites (tertiary alicyclic amines) is 1. The number of alkyl halides is 1. The maximum absolute atomic E-state index is 14.5. The lowest BCUT2D eigenvalue weighted by molar-refractivity contribution is -0.153. The molecule has 7 atom stereocenters. The summed E-state index contributed by atoms with van der Waals surface area (Å²) in [4.78, 5) is 44.6. The standard InChI is InChI=1S/C26H30BrClN2O5S/c1-5-10-29(20-14(3)8-7-9-17(20)28)24(33)22-26-12-16(27)21(36-26)18(25(34)35-11-6-2)19(26)23(32)30(22)15(4)13-31/h5-9,15-16,18-19,21-22,31H,1-2,10-13H2,3-4H3/t15-,16?,18-,19+,21-,22?,26?/m1/s1. The topological polar surface area (TPSA) is 87.2 Å². The molecular formula is C26H30BrClN2O5S. The molecule has 1 N–H and O–H groups in total. The fraction of sp³-hybridized carbons (Fsp3) is 0.500. The van der Waals surface area contributed by atoms with Gasteiger partial charge in [0.1, 0.15) is 12.6 Å². The summed E-state index contributed by atoms with van der Waals surface area (Å²) in [6.07, 6.45) is 3.63. The molecular weight excluding hydrogens is 568 g/mol. The van der Waals surface area contributed by atoms with Crippen molar-refractivity contribution < 1.29 is 24.2 Å². The van der Waals surface area contributed by atoms with Crippen LogP contribution < -0.4 is 4.90 Å².